The smallest absolute Gasteiger partial charge is 0.0534 e. The molecule has 0 aliphatic heterocycles. The third-order valence-corrected chi connectivity index (χ3v) is 7.57. The van der Waals surface area contributed by atoms with Crippen LogP contribution >= 0.6 is 34.4 Å². The molecule has 0 fully saturated rings. The summed E-state index contributed by atoms with van der Waals surface area (Å²) >= 11 is 5.05. The van der Waals surface area contributed by atoms with Crippen LogP contribution < -0.4 is 0 Å². The average Bonchev–Trinajstić information content (AvgIpc) is 3.38. The summed E-state index contributed by atoms with van der Waals surface area (Å²) in [7, 11) is 0. The Bertz CT molecular complexity index is 1020. The number of aryl methyl sites for hydroxylation is 2. The van der Waals surface area contributed by atoms with Gasteiger partial charge < -0.3 is 0 Å². The Hall–Kier alpha value is -0.872. The molecule has 4 aromatic rings. The van der Waals surface area contributed by atoms with E-state index < -0.39 is 0 Å². The van der Waals surface area contributed by atoms with E-state index in [1.807, 2.05) is 29.6 Å². The largest absolute Gasteiger partial charge is 0.240 e. The quantitative estimate of drug-likeness (QED) is 0.168. The third-order valence-electron chi connectivity index (χ3n) is 4.58. The third kappa shape index (κ3) is 4.59. The monoisotopic (exact) mass is 581 g/mol. The fourth-order valence-electron chi connectivity index (χ4n) is 3.10. The molecule has 27 heavy (non-hydrogen) atoms. The molecule has 3 heterocycles. The number of hydrogen-bond acceptors (Lipinski definition) is 5. The average molecular weight is 581 g/mol. The van der Waals surface area contributed by atoms with E-state index in [1.165, 1.54) is 63.3 Å². The number of aromatic nitrogens is 2. The summed E-state index contributed by atoms with van der Waals surface area (Å²) in [4.78, 5) is 5.45. The number of rotatable bonds is 7. The molecule has 0 saturated heterocycles. The molecule has 4 rings (SSSR count). The summed E-state index contributed by atoms with van der Waals surface area (Å²) in [6, 6.07) is 14.4. The van der Waals surface area contributed by atoms with Gasteiger partial charge in [0.05, 0.1) is 11.7 Å². The minimum atomic E-state index is 0. The van der Waals surface area contributed by atoms with E-state index in [-0.39, 0.29) is 21.1 Å². The maximum atomic E-state index is 4.51. The summed E-state index contributed by atoms with van der Waals surface area (Å²) in [6.07, 6.45) is 6.50. The minimum absolute atomic E-state index is 0. The van der Waals surface area contributed by atoms with Gasteiger partial charge in [-0.25, -0.2) is 8.75 Å². The van der Waals surface area contributed by atoms with Crippen LogP contribution in [-0.2, 0) is 27.5 Å². The normalized spacial score (nSPS) is 11.0. The van der Waals surface area contributed by atoms with Crippen molar-refractivity contribution in [1.82, 2.24) is 8.75 Å². The molecule has 0 spiro atoms. The first kappa shape index (κ1) is 20.9. The van der Waals surface area contributed by atoms with Crippen molar-refractivity contribution in [1.29, 1.82) is 0 Å². The molecule has 0 N–H and O–H groups in total. The molecule has 3 aromatic heterocycles. The van der Waals surface area contributed by atoms with Crippen molar-refractivity contribution in [3.05, 3.63) is 46.8 Å². The van der Waals surface area contributed by atoms with Gasteiger partial charge in [-0.15, -0.1) is 28.2 Å². The van der Waals surface area contributed by atoms with Crippen LogP contribution in [0.2, 0.25) is 0 Å². The maximum absolute atomic E-state index is 4.51. The fourth-order valence-corrected chi connectivity index (χ4v) is 5.88. The summed E-state index contributed by atoms with van der Waals surface area (Å²) < 4.78 is 8.93. The van der Waals surface area contributed by atoms with Gasteiger partial charge in [0, 0.05) is 41.2 Å². The second-order valence-corrected chi connectivity index (χ2v) is 9.31. The van der Waals surface area contributed by atoms with Crippen LogP contribution in [0.15, 0.2) is 30.3 Å². The number of nitrogens with zero attached hydrogens (tertiary/aromatic N) is 2. The Kier molecular flexibility index (Phi) is 7.38. The second kappa shape index (κ2) is 9.56. The molecule has 0 radical (unpaired) electrons. The van der Waals surface area contributed by atoms with Crippen LogP contribution in [-0.4, -0.2) is 8.75 Å². The summed E-state index contributed by atoms with van der Waals surface area (Å²) in [5.74, 6) is 0. The van der Waals surface area contributed by atoms with Gasteiger partial charge in [0.25, 0.3) is 0 Å². The van der Waals surface area contributed by atoms with Gasteiger partial charge in [-0.3, -0.25) is 0 Å². The van der Waals surface area contributed by atoms with Crippen molar-refractivity contribution in [2.45, 2.75) is 46.0 Å². The molecule has 0 saturated carbocycles. The van der Waals surface area contributed by atoms with E-state index in [4.69, 9.17) is 0 Å². The van der Waals surface area contributed by atoms with Gasteiger partial charge in [0.1, 0.15) is 0 Å². The van der Waals surface area contributed by atoms with E-state index in [0.717, 1.165) is 22.2 Å². The van der Waals surface area contributed by atoms with Gasteiger partial charge >= 0.3 is 0 Å². The Morgan fingerprint density at radius 1 is 0.889 bits per heavy atom. The topological polar surface area (TPSA) is 25.8 Å². The first-order chi connectivity index (χ1) is 12.8. The van der Waals surface area contributed by atoms with Crippen molar-refractivity contribution in [2.24, 2.45) is 0 Å². The Morgan fingerprint density at radius 3 is 2.48 bits per heavy atom. The zero-order valence-electron chi connectivity index (χ0n) is 15.4. The number of fused-ring (bicyclic) bond motifs is 1. The van der Waals surface area contributed by atoms with Crippen LogP contribution in [0.4, 0.5) is 0 Å². The molecule has 0 unspecified atom stereocenters. The fraction of sp³-hybridized carbons (Fsp3) is 0.333. The Labute approximate surface area is 187 Å². The summed E-state index contributed by atoms with van der Waals surface area (Å²) in [5.41, 5.74) is 4.20. The molecule has 0 amide bonds. The van der Waals surface area contributed by atoms with E-state index in [2.05, 4.69) is 52.1 Å². The Morgan fingerprint density at radius 2 is 1.63 bits per heavy atom. The Balaban J connectivity index is 0.00000210. The van der Waals surface area contributed by atoms with Gasteiger partial charge in [0.2, 0.25) is 0 Å². The first-order valence-electron chi connectivity index (χ1n) is 9.09. The number of hydrogen-bond donors (Lipinski definition) is 0. The van der Waals surface area contributed by atoms with Crippen LogP contribution in [0, 0.1) is 13.0 Å². The van der Waals surface area contributed by atoms with Crippen LogP contribution in [0.1, 0.15) is 43.0 Å². The predicted molar refractivity (Wildman–Crippen MR) is 115 cm³/mol. The van der Waals surface area contributed by atoms with Gasteiger partial charge in [-0.05, 0) is 41.4 Å². The molecule has 0 aliphatic rings. The van der Waals surface area contributed by atoms with Crippen molar-refractivity contribution < 1.29 is 21.1 Å². The van der Waals surface area contributed by atoms with Crippen LogP contribution in [0.25, 0.3) is 31.2 Å². The standard InChI is InChI=1S/C21H21N2S3.W/c1-3-4-5-6-7-15-9-11-18(24-15)19-13-12-17(25-19)16-10-8-14(2)20-21(16)23-26-22-20;/h9-13H,3-7H2,1-2H3;/q-1;. The predicted octanol–water partition coefficient (Wildman–Crippen LogP) is 7.38. The molecule has 6 heteroatoms. The van der Waals surface area contributed by atoms with Crippen molar-refractivity contribution in [3.63, 3.8) is 0 Å². The first-order valence-corrected chi connectivity index (χ1v) is 11.5. The molecule has 0 bridgehead atoms. The summed E-state index contributed by atoms with van der Waals surface area (Å²) in [6.45, 7) is 4.31. The van der Waals surface area contributed by atoms with Crippen molar-refractivity contribution in [2.75, 3.05) is 0 Å². The minimum Gasteiger partial charge on any atom is -0.240 e. The molecular weight excluding hydrogens is 560 g/mol. The number of benzene rings is 1. The van der Waals surface area contributed by atoms with E-state index >= 15 is 0 Å². The zero-order valence-corrected chi connectivity index (χ0v) is 20.8. The molecule has 0 aliphatic carbocycles. The van der Waals surface area contributed by atoms with Crippen LogP contribution in [0.5, 0.6) is 0 Å². The van der Waals surface area contributed by atoms with E-state index in [0.29, 0.717) is 0 Å². The maximum Gasteiger partial charge on any atom is 0.0534 e. The number of thiophene rings is 2. The van der Waals surface area contributed by atoms with Gasteiger partial charge in [-0.1, -0.05) is 44.7 Å². The van der Waals surface area contributed by atoms with Crippen molar-refractivity contribution >= 4 is 45.4 Å². The molecule has 140 valence electrons. The van der Waals surface area contributed by atoms with Gasteiger partial charge in [0.15, 0.2) is 0 Å². The molecule has 0 atom stereocenters. The number of unbranched alkanes of at least 4 members (excludes halogenated alkanes) is 3. The summed E-state index contributed by atoms with van der Waals surface area (Å²) in [5, 5.41) is 0. The van der Waals surface area contributed by atoms with Gasteiger partial charge in [-0.2, -0.15) is 12.1 Å². The second-order valence-electron chi connectivity index (χ2n) is 6.53. The van der Waals surface area contributed by atoms with Crippen molar-refractivity contribution in [3.8, 4) is 20.2 Å². The zero-order chi connectivity index (χ0) is 17.9. The van der Waals surface area contributed by atoms with E-state index in [9.17, 15) is 0 Å². The molecule has 1 aromatic carbocycles. The van der Waals surface area contributed by atoms with Crippen LogP contribution in [0.3, 0.4) is 0 Å². The van der Waals surface area contributed by atoms with E-state index in [1.54, 1.807) is 0 Å². The SMILES string of the molecule is CCCCCCc1ccc(-c2ccc(-c3c[c-]c(C)c4nsnc34)s2)s1.[W]. The molecular formula is C21H21N2S3W-. The molecule has 2 nitrogen and oxygen atoms in total.